The lowest BCUT2D eigenvalue weighted by atomic mass is 10.5. The number of hydrogen-bond acceptors (Lipinski definition) is 3. The molecule has 0 aromatic rings. The number of hydrogen-bond donors (Lipinski definition) is 1. The van der Waals surface area contributed by atoms with E-state index in [1.54, 1.807) is 6.92 Å². The quantitative estimate of drug-likeness (QED) is 0.480. The maximum atomic E-state index is 10.1. The molecule has 0 saturated heterocycles. The molecule has 0 atom stereocenters. The van der Waals surface area contributed by atoms with Crippen LogP contribution in [0.1, 0.15) is 13.3 Å². The minimum Gasteiger partial charge on any atom is -0.473 e. The lowest BCUT2D eigenvalue weighted by Gasteiger charge is -1.95. The lowest BCUT2D eigenvalue weighted by molar-refractivity contribution is -0.163. The van der Waals surface area contributed by atoms with E-state index in [0.717, 1.165) is 0 Å². The van der Waals surface area contributed by atoms with Crippen LogP contribution >= 0.6 is 12.4 Å². The van der Waals surface area contributed by atoms with Gasteiger partial charge in [0, 0.05) is 0 Å². The largest absolute Gasteiger partial charge is 0.473 e. The Morgan fingerprint density at radius 3 is 2.30 bits per heavy atom. The average Bonchev–Trinajstić information content (AvgIpc) is 1.82. The van der Waals surface area contributed by atoms with Gasteiger partial charge in [-0.3, -0.25) is 0 Å². The van der Waals surface area contributed by atoms with Crippen molar-refractivity contribution in [3.05, 3.63) is 0 Å². The Kier molecular flexibility index (Phi) is 7.60. The van der Waals surface area contributed by atoms with Crippen LogP contribution < -0.4 is 0 Å². The minimum atomic E-state index is -1.54. The molecule has 0 heterocycles. The third kappa shape index (κ3) is 5.37. The van der Waals surface area contributed by atoms with E-state index in [2.05, 4.69) is 4.74 Å². The van der Waals surface area contributed by atoms with E-state index in [1.165, 1.54) is 0 Å². The molecule has 60 valence electrons. The molecule has 0 spiro atoms. The van der Waals surface area contributed by atoms with Gasteiger partial charge in [-0.2, -0.15) is 0 Å². The van der Waals surface area contributed by atoms with E-state index < -0.39 is 11.9 Å². The first kappa shape index (κ1) is 12.0. The number of rotatable bonds is 2. The predicted molar refractivity (Wildman–Crippen MR) is 36.1 cm³/mol. The maximum absolute atomic E-state index is 10.1. The highest BCUT2D eigenvalue weighted by Gasteiger charge is 2.10. The monoisotopic (exact) mass is 168 g/mol. The van der Waals surface area contributed by atoms with Gasteiger partial charge in [-0.1, -0.05) is 6.92 Å². The van der Waals surface area contributed by atoms with Gasteiger partial charge in [0.2, 0.25) is 0 Å². The van der Waals surface area contributed by atoms with Gasteiger partial charge in [-0.05, 0) is 6.42 Å². The first-order valence-electron chi connectivity index (χ1n) is 2.58. The maximum Gasteiger partial charge on any atom is 0.417 e. The summed E-state index contributed by atoms with van der Waals surface area (Å²) in [4.78, 5) is 19.8. The molecule has 0 bridgehead atoms. The van der Waals surface area contributed by atoms with Crippen molar-refractivity contribution in [2.45, 2.75) is 13.3 Å². The molecule has 0 aromatic carbocycles. The van der Waals surface area contributed by atoms with Gasteiger partial charge in [0.25, 0.3) is 0 Å². The van der Waals surface area contributed by atoms with Crippen molar-refractivity contribution in [2.24, 2.45) is 0 Å². The second-order valence-corrected chi connectivity index (χ2v) is 1.44. The number of ether oxygens (including phenoxy) is 1. The van der Waals surface area contributed by atoms with E-state index in [9.17, 15) is 9.59 Å². The molecule has 0 saturated carbocycles. The van der Waals surface area contributed by atoms with Gasteiger partial charge in [-0.15, -0.1) is 12.4 Å². The Morgan fingerprint density at radius 2 is 2.00 bits per heavy atom. The topological polar surface area (TPSA) is 63.6 Å². The molecule has 10 heavy (non-hydrogen) atoms. The molecule has 0 fully saturated rings. The summed E-state index contributed by atoms with van der Waals surface area (Å²) in [5.41, 5.74) is 0. The molecular formula is C5H9ClO4. The number of halogens is 1. The van der Waals surface area contributed by atoms with E-state index >= 15 is 0 Å². The standard InChI is InChI=1S/C5H8O4.ClH/c1-2-3-9-5(8)4(6)7;/h2-3H2,1H3,(H,6,7);1H. The summed E-state index contributed by atoms with van der Waals surface area (Å²) in [7, 11) is 0. The van der Waals surface area contributed by atoms with E-state index in [4.69, 9.17) is 5.11 Å². The molecule has 0 aliphatic heterocycles. The van der Waals surface area contributed by atoms with Crippen LogP contribution in [0.2, 0.25) is 0 Å². The summed E-state index contributed by atoms with van der Waals surface area (Å²) in [5, 5.41) is 7.93. The van der Waals surface area contributed by atoms with Crippen LogP contribution in [0, 0.1) is 0 Å². The molecule has 5 heteroatoms. The predicted octanol–water partition coefficient (Wildman–Crippen LogP) is 0.446. The van der Waals surface area contributed by atoms with Gasteiger partial charge in [0.1, 0.15) is 0 Å². The number of carboxylic acids is 1. The molecule has 0 aliphatic rings. The third-order valence-corrected chi connectivity index (χ3v) is 0.612. The SMILES string of the molecule is CCCOC(=O)C(=O)O.Cl. The van der Waals surface area contributed by atoms with Crippen LogP contribution in [0.5, 0.6) is 0 Å². The summed E-state index contributed by atoms with van der Waals surface area (Å²) in [6.45, 7) is 1.96. The van der Waals surface area contributed by atoms with Gasteiger partial charge in [-0.25, -0.2) is 9.59 Å². The van der Waals surface area contributed by atoms with Crippen LogP contribution in [0.3, 0.4) is 0 Å². The Bertz CT molecular complexity index is 123. The van der Waals surface area contributed by atoms with Crippen LogP contribution in [0.25, 0.3) is 0 Å². The second kappa shape index (κ2) is 6.35. The van der Waals surface area contributed by atoms with Gasteiger partial charge < -0.3 is 9.84 Å². The first-order valence-corrected chi connectivity index (χ1v) is 2.58. The zero-order valence-corrected chi connectivity index (χ0v) is 6.31. The molecule has 0 radical (unpaired) electrons. The van der Waals surface area contributed by atoms with E-state index in [-0.39, 0.29) is 19.0 Å². The van der Waals surface area contributed by atoms with Crippen LogP contribution in [0.15, 0.2) is 0 Å². The van der Waals surface area contributed by atoms with E-state index in [1.807, 2.05) is 0 Å². The van der Waals surface area contributed by atoms with Crippen molar-refractivity contribution in [1.82, 2.24) is 0 Å². The summed E-state index contributed by atoms with van der Waals surface area (Å²) in [5.74, 6) is -2.72. The van der Waals surface area contributed by atoms with Crippen molar-refractivity contribution >= 4 is 24.3 Å². The van der Waals surface area contributed by atoms with E-state index in [0.29, 0.717) is 6.42 Å². The number of esters is 1. The summed E-state index contributed by atoms with van der Waals surface area (Å²) >= 11 is 0. The number of carbonyl (C=O) groups excluding carboxylic acids is 1. The Labute approximate surface area is 64.6 Å². The number of carboxylic acid groups (broad SMARTS) is 1. The van der Waals surface area contributed by atoms with Crippen molar-refractivity contribution in [3.8, 4) is 0 Å². The smallest absolute Gasteiger partial charge is 0.417 e. The lowest BCUT2D eigenvalue weighted by Crippen LogP contribution is -2.16. The van der Waals surface area contributed by atoms with Crippen LogP contribution in [0.4, 0.5) is 0 Å². The van der Waals surface area contributed by atoms with Gasteiger partial charge in [0.05, 0.1) is 6.61 Å². The van der Waals surface area contributed by atoms with Crippen molar-refractivity contribution < 1.29 is 19.4 Å². The fourth-order valence-corrected chi connectivity index (χ4v) is 0.256. The van der Waals surface area contributed by atoms with Crippen molar-refractivity contribution in [3.63, 3.8) is 0 Å². The van der Waals surface area contributed by atoms with Crippen LogP contribution in [-0.4, -0.2) is 23.7 Å². The van der Waals surface area contributed by atoms with Gasteiger partial charge >= 0.3 is 11.9 Å². The second-order valence-electron chi connectivity index (χ2n) is 1.44. The van der Waals surface area contributed by atoms with Gasteiger partial charge in [0.15, 0.2) is 0 Å². The summed E-state index contributed by atoms with van der Waals surface area (Å²) < 4.78 is 4.21. The molecule has 0 rings (SSSR count). The molecule has 0 unspecified atom stereocenters. The summed E-state index contributed by atoms with van der Waals surface area (Å²) in [6.07, 6.45) is 0.638. The Morgan fingerprint density at radius 1 is 1.50 bits per heavy atom. The molecule has 4 nitrogen and oxygen atoms in total. The highest BCUT2D eigenvalue weighted by Crippen LogP contribution is 1.81. The Balaban J connectivity index is 0. The molecule has 1 N–H and O–H groups in total. The molecule has 0 aromatic heterocycles. The highest BCUT2D eigenvalue weighted by molar-refractivity contribution is 6.28. The average molecular weight is 169 g/mol. The van der Waals surface area contributed by atoms with Crippen LogP contribution in [-0.2, 0) is 14.3 Å². The fraction of sp³-hybridized carbons (Fsp3) is 0.600. The summed E-state index contributed by atoms with van der Waals surface area (Å²) in [6, 6.07) is 0. The number of aliphatic carboxylic acids is 1. The van der Waals surface area contributed by atoms with Crippen molar-refractivity contribution in [2.75, 3.05) is 6.61 Å². The normalized spacial score (nSPS) is 7.70. The fourth-order valence-electron chi connectivity index (χ4n) is 0.256. The zero-order chi connectivity index (χ0) is 7.28. The molecular weight excluding hydrogens is 160 g/mol. The highest BCUT2D eigenvalue weighted by atomic mass is 35.5. The molecule has 0 aliphatic carbocycles. The molecule has 0 amide bonds. The van der Waals surface area contributed by atoms with Crippen molar-refractivity contribution in [1.29, 1.82) is 0 Å². The third-order valence-electron chi connectivity index (χ3n) is 0.612. The Hall–Kier alpha value is -0.770. The zero-order valence-electron chi connectivity index (χ0n) is 5.49. The number of carbonyl (C=O) groups is 2. The first-order chi connectivity index (χ1) is 4.18. The minimum absolute atomic E-state index is 0.